The molecule has 2 heterocycles. The first kappa shape index (κ1) is 20.4. The molecule has 4 rings (SSSR count). The summed E-state index contributed by atoms with van der Waals surface area (Å²) < 4.78 is -0.0658. The summed E-state index contributed by atoms with van der Waals surface area (Å²) in [6, 6.07) is 13.1. The lowest BCUT2D eigenvalue weighted by molar-refractivity contribution is -0.750. The summed E-state index contributed by atoms with van der Waals surface area (Å²) in [6.07, 6.45) is 7.38. The normalized spacial score (nSPS) is 17.5. The maximum atomic E-state index is 13.2. The van der Waals surface area contributed by atoms with Crippen LogP contribution in [0.3, 0.4) is 0 Å². The number of fused-ring (bicyclic) bond motifs is 2. The number of Topliss-reactive ketones (excluding diaryl/α,β-unsaturated/α-hetero) is 1. The van der Waals surface area contributed by atoms with Gasteiger partial charge in [-0.2, -0.15) is 0 Å². The molecule has 0 spiro atoms. The molecule has 6 nitrogen and oxygen atoms in total. The van der Waals surface area contributed by atoms with Gasteiger partial charge in [0.15, 0.2) is 0 Å². The SMILES string of the molecule is C[N+]1(C)C=Cc2c([C@@H](CN)C(=O)Cc3ccc4cnccc4c3)cccc2[B-]1(O)O. The number of carbonyl (C=O) groups excluding carboxylic acids is 1. The monoisotopic (exact) mass is 403 g/mol. The second kappa shape index (κ2) is 7.45. The minimum Gasteiger partial charge on any atom is -0.524 e. The molecule has 1 atom stereocenters. The molecule has 1 aromatic heterocycles. The number of benzene rings is 2. The van der Waals surface area contributed by atoms with E-state index in [0.29, 0.717) is 11.0 Å². The van der Waals surface area contributed by atoms with Crippen molar-refractivity contribution in [3.8, 4) is 0 Å². The van der Waals surface area contributed by atoms with E-state index in [1.807, 2.05) is 36.4 Å². The Morgan fingerprint density at radius 1 is 1.17 bits per heavy atom. The Hall–Kier alpha value is -2.84. The van der Waals surface area contributed by atoms with E-state index in [-0.39, 0.29) is 23.1 Å². The van der Waals surface area contributed by atoms with Crippen molar-refractivity contribution in [2.45, 2.75) is 12.3 Å². The van der Waals surface area contributed by atoms with Crippen molar-refractivity contribution in [2.24, 2.45) is 5.73 Å². The maximum Gasteiger partial charge on any atom is 0.502 e. The molecule has 154 valence electrons. The van der Waals surface area contributed by atoms with Crippen LogP contribution >= 0.6 is 0 Å². The van der Waals surface area contributed by atoms with E-state index in [1.54, 1.807) is 44.8 Å². The molecule has 7 heteroatoms. The third-order valence-electron chi connectivity index (χ3n) is 6.23. The van der Waals surface area contributed by atoms with Crippen LogP contribution in [0.25, 0.3) is 16.8 Å². The molecular weight excluding hydrogens is 377 g/mol. The first-order valence-corrected chi connectivity index (χ1v) is 10.1. The predicted molar refractivity (Wildman–Crippen MR) is 120 cm³/mol. The van der Waals surface area contributed by atoms with Crippen LogP contribution in [-0.4, -0.2) is 52.5 Å². The highest BCUT2D eigenvalue weighted by molar-refractivity contribution is 6.73. The second-order valence-electron chi connectivity index (χ2n) is 8.52. The Bertz CT molecular complexity index is 1160. The van der Waals surface area contributed by atoms with Gasteiger partial charge in [0.25, 0.3) is 0 Å². The highest BCUT2D eigenvalue weighted by Crippen LogP contribution is 2.28. The van der Waals surface area contributed by atoms with E-state index in [1.165, 1.54) is 0 Å². The fourth-order valence-corrected chi connectivity index (χ4v) is 4.18. The summed E-state index contributed by atoms with van der Waals surface area (Å²) >= 11 is 0. The zero-order chi connectivity index (χ0) is 21.5. The van der Waals surface area contributed by atoms with Gasteiger partial charge in [0.05, 0.1) is 12.1 Å². The summed E-state index contributed by atoms with van der Waals surface area (Å²) in [5.41, 5.74) is 8.78. The van der Waals surface area contributed by atoms with E-state index in [9.17, 15) is 14.8 Å². The van der Waals surface area contributed by atoms with Gasteiger partial charge in [0, 0.05) is 44.8 Å². The van der Waals surface area contributed by atoms with Gasteiger partial charge in [-0.3, -0.25) is 9.78 Å². The fourth-order valence-electron chi connectivity index (χ4n) is 4.18. The molecule has 2 aromatic carbocycles. The van der Waals surface area contributed by atoms with Crippen LogP contribution in [0.4, 0.5) is 0 Å². The Morgan fingerprint density at radius 3 is 2.73 bits per heavy atom. The number of nitrogens with two attached hydrogens (primary N) is 1. The number of ketones is 1. The van der Waals surface area contributed by atoms with Crippen LogP contribution in [0, 0.1) is 0 Å². The summed E-state index contributed by atoms with van der Waals surface area (Å²) in [5.74, 6) is -0.529. The molecule has 0 fully saturated rings. The molecule has 30 heavy (non-hydrogen) atoms. The van der Waals surface area contributed by atoms with Crippen LogP contribution in [0.5, 0.6) is 0 Å². The van der Waals surface area contributed by atoms with Crippen LogP contribution in [0.15, 0.2) is 61.1 Å². The largest absolute Gasteiger partial charge is 0.524 e. The van der Waals surface area contributed by atoms with Gasteiger partial charge in [-0.15, -0.1) is 0 Å². The highest BCUT2D eigenvalue weighted by atomic mass is 16.4. The van der Waals surface area contributed by atoms with Crippen molar-refractivity contribution >= 4 is 34.8 Å². The van der Waals surface area contributed by atoms with E-state index in [0.717, 1.165) is 21.9 Å². The van der Waals surface area contributed by atoms with E-state index < -0.39 is 12.6 Å². The zero-order valence-electron chi connectivity index (χ0n) is 17.2. The highest BCUT2D eigenvalue weighted by Gasteiger charge is 2.45. The molecule has 0 unspecified atom stereocenters. The van der Waals surface area contributed by atoms with Crippen LogP contribution in [0.1, 0.15) is 22.6 Å². The predicted octanol–water partition coefficient (Wildman–Crippen LogP) is 1.28. The van der Waals surface area contributed by atoms with Gasteiger partial charge >= 0.3 is 6.69 Å². The Kier molecular flexibility index (Phi) is 5.07. The second-order valence-corrected chi connectivity index (χ2v) is 8.52. The van der Waals surface area contributed by atoms with Crippen LogP contribution in [0.2, 0.25) is 0 Å². The minimum absolute atomic E-state index is 0.000934. The van der Waals surface area contributed by atoms with Crippen molar-refractivity contribution in [1.82, 2.24) is 4.98 Å². The number of pyridine rings is 1. The van der Waals surface area contributed by atoms with Gasteiger partial charge in [-0.05, 0) is 34.2 Å². The minimum atomic E-state index is -2.85. The number of carbonyl (C=O) groups is 1. The standard InChI is InChI=1S/C23H26BN3O3/c1-27(2)11-9-20-19(4-3-5-22(20)24(27,29)30)21(14-25)23(28)13-16-6-7-18-15-26-10-8-17(18)12-16/h3-12,15,21,29-30H,13-14,25H2,1-2H3/t21-/m1/s1. The lowest BCUT2D eigenvalue weighted by atomic mass is 9.56. The summed E-state index contributed by atoms with van der Waals surface area (Å²) in [4.78, 5) is 17.3. The number of aromatic nitrogens is 1. The average molecular weight is 403 g/mol. The molecular formula is C23H26BN3O3. The van der Waals surface area contributed by atoms with Crippen molar-refractivity contribution in [3.63, 3.8) is 0 Å². The van der Waals surface area contributed by atoms with Crippen molar-refractivity contribution in [1.29, 1.82) is 0 Å². The molecule has 0 bridgehead atoms. The van der Waals surface area contributed by atoms with Gasteiger partial charge in [0.1, 0.15) is 5.78 Å². The fraction of sp³-hybridized carbons (Fsp3) is 0.217. The number of rotatable bonds is 5. The molecule has 3 aromatic rings. The number of nitrogens with zero attached hydrogens (tertiary/aromatic N) is 2. The smallest absolute Gasteiger partial charge is 0.502 e. The third kappa shape index (κ3) is 3.36. The summed E-state index contributed by atoms with van der Waals surface area (Å²) in [6.45, 7) is -2.70. The molecule has 1 aliphatic rings. The Balaban J connectivity index is 1.68. The zero-order valence-corrected chi connectivity index (χ0v) is 17.2. The number of hydrogen-bond acceptors (Lipinski definition) is 5. The van der Waals surface area contributed by atoms with E-state index >= 15 is 0 Å². The van der Waals surface area contributed by atoms with Crippen molar-refractivity contribution in [2.75, 3.05) is 20.6 Å². The summed E-state index contributed by atoms with van der Waals surface area (Å²) in [5, 5.41) is 23.7. The van der Waals surface area contributed by atoms with Crippen molar-refractivity contribution in [3.05, 3.63) is 77.7 Å². The van der Waals surface area contributed by atoms with Crippen molar-refractivity contribution < 1.29 is 19.2 Å². The molecule has 0 aliphatic carbocycles. The molecule has 0 amide bonds. The first-order chi connectivity index (χ1) is 14.2. The number of hydrogen-bond donors (Lipinski definition) is 3. The first-order valence-electron chi connectivity index (χ1n) is 10.1. The maximum absolute atomic E-state index is 13.2. The molecule has 4 N–H and O–H groups in total. The molecule has 0 saturated carbocycles. The molecule has 0 saturated heterocycles. The average Bonchev–Trinajstić information content (AvgIpc) is 2.72. The van der Waals surface area contributed by atoms with E-state index in [4.69, 9.17) is 5.73 Å². The molecule has 1 aliphatic heterocycles. The van der Waals surface area contributed by atoms with Gasteiger partial charge in [0.2, 0.25) is 0 Å². The van der Waals surface area contributed by atoms with Gasteiger partial charge in [-0.1, -0.05) is 41.9 Å². The molecule has 0 radical (unpaired) electrons. The third-order valence-corrected chi connectivity index (χ3v) is 6.23. The Labute approximate surface area is 175 Å². The van der Waals surface area contributed by atoms with Gasteiger partial charge in [-0.25, -0.2) is 0 Å². The topological polar surface area (TPSA) is 96.4 Å². The lowest BCUT2D eigenvalue weighted by Crippen LogP contribution is -2.71. The van der Waals surface area contributed by atoms with Gasteiger partial charge < -0.3 is 20.2 Å². The summed E-state index contributed by atoms with van der Waals surface area (Å²) in [7, 11) is 3.46. The quantitative estimate of drug-likeness (QED) is 0.558. The van der Waals surface area contributed by atoms with Crippen LogP contribution in [-0.2, 0) is 11.2 Å². The lowest BCUT2D eigenvalue weighted by Gasteiger charge is -2.48. The van der Waals surface area contributed by atoms with Crippen LogP contribution < -0.4 is 11.2 Å². The Morgan fingerprint density at radius 2 is 1.97 bits per heavy atom. The number of quaternary nitrogens is 1. The van der Waals surface area contributed by atoms with E-state index in [2.05, 4.69) is 4.98 Å².